The van der Waals surface area contributed by atoms with Crippen molar-refractivity contribution >= 4 is 22.3 Å². The zero-order valence-corrected chi connectivity index (χ0v) is 11.2. The number of hydrogen-bond donors (Lipinski definition) is 1. The third-order valence-corrected chi connectivity index (χ3v) is 2.93. The van der Waals surface area contributed by atoms with Crippen molar-refractivity contribution < 1.29 is 30.7 Å². The fraction of sp³-hybridized carbons (Fsp3) is 0.0909. The number of thiazole rings is 1. The fourth-order valence-electron chi connectivity index (χ4n) is 1.33. The van der Waals surface area contributed by atoms with Crippen LogP contribution < -0.4 is 27.3 Å². The maximum Gasteiger partial charge on any atom is 0.332 e. The Balaban J connectivity index is 0.00000144. The number of rotatable bonds is 3. The molecule has 1 heterocycles. The second-order valence-corrected chi connectivity index (χ2v) is 4.23. The number of nitrogens with zero attached hydrogens (tertiary/aromatic N) is 1. The topological polar surface area (TPSA) is 47.0 Å². The first-order chi connectivity index (χ1) is 7.66. The van der Waals surface area contributed by atoms with Crippen molar-refractivity contribution in [3.05, 3.63) is 47.2 Å². The van der Waals surface area contributed by atoms with Crippen LogP contribution in [0, 0.1) is 5.82 Å². The molecule has 0 aliphatic heterocycles. The first-order valence-electron chi connectivity index (χ1n) is 4.68. The zero-order valence-electron chi connectivity index (χ0n) is 8.77. The van der Waals surface area contributed by atoms with Gasteiger partial charge in [-0.05, 0) is 24.3 Å². The molecular formula is C11H10BrFN2OS. The molecule has 1 aromatic carbocycles. The number of anilines is 1. The SMILES string of the molecule is Nc1scc[n+]1CC(=O)c1ccc(F)cc1.[Br-]. The number of benzene rings is 1. The lowest BCUT2D eigenvalue weighted by molar-refractivity contribution is -0.664. The zero-order chi connectivity index (χ0) is 11.5. The van der Waals surface area contributed by atoms with E-state index in [1.54, 1.807) is 10.8 Å². The molecule has 0 unspecified atom stereocenters. The first kappa shape index (κ1) is 13.8. The van der Waals surface area contributed by atoms with Crippen molar-refractivity contribution in [1.29, 1.82) is 0 Å². The van der Waals surface area contributed by atoms with Gasteiger partial charge in [0.1, 0.15) is 12.0 Å². The molecule has 0 aliphatic rings. The van der Waals surface area contributed by atoms with Crippen molar-refractivity contribution in [3.8, 4) is 0 Å². The molecule has 0 atom stereocenters. The number of nitrogens with two attached hydrogens (primary N) is 1. The molecule has 0 radical (unpaired) electrons. The maximum absolute atomic E-state index is 12.7. The number of nitrogen functional groups attached to an aromatic ring is 1. The van der Waals surface area contributed by atoms with Gasteiger partial charge < -0.3 is 17.0 Å². The summed E-state index contributed by atoms with van der Waals surface area (Å²) in [6.07, 6.45) is 1.75. The Labute approximate surface area is 112 Å². The van der Waals surface area contributed by atoms with Gasteiger partial charge in [0, 0.05) is 10.9 Å². The molecule has 0 fully saturated rings. The van der Waals surface area contributed by atoms with Gasteiger partial charge in [0.15, 0.2) is 6.54 Å². The largest absolute Gasteiger partial charge is 1.00 e. The average molecular weight is 317 g/mol. The van der Waals surface area contributed by atoms with Gasteiger partial charge in [-0.3, -0.25) is 10.5 Å². The number of ketones is 1. The highest BCUT2D eigenvalue weighted by Crippen LogP contribution is 2.06. The normalized spacial score (nSPS) is 9.71. The molecule has 0 saturated heterocycles. The van der Waals surface area contributed by atoms with Crippen LogP contribution in [0.25, 0.3) is 0 Å². The minimum Gasteiger partial charge on any atom is -1.00 e. The number of hydrogen-bond acceptors (Lipinski definition) is 3. The first-order valence-corrected chi connectivity index (χ1v) is 5.56. The Hall–Kier alpha value is -1.27. The lowest BCUT2D eigenvalue weighted by atomic mass is 10.1. The van der Waals surface area contributed by atoms with Gasteiger partial charge in [0.25, 0.3) is 0 Å². The van der Waals surface area contributed by atoms with Crippen LogP contribution in [0.15, 0.2) is 35.8 Å². The molecule has 0 spiro atoms. The smallest absolute Gasteiger partial charge is 0.332 e. The van der Waals surface area contributed by atoms with E-state index in [-0.39, 0.29) is 35.1 Å². The Morgan fingerprint density at radius 3 is 2.53 bits per heavy atom. The van der Waals surface area contributed by atoms with Gasteiger partial charge >= 0.3 is 5.13 Å². The van der Waals surface area contributed by atoms with E-state index < -0.39 is 0 Å². The predicted molar refractivity (Wildman–Crippen MR) is 59.7 cm³/mol. The number of Topliss-reactive ketones (excluding diaryl/α,β-unsaturated/α-hetero) is 1. The van der Waals surface area contributed by atoms with Gasteiger partial charge in [-0.1, -0.05) is 11.3 Å². The summed E-state index contributed by atoms with van der Waals surface area (Å²) in [5.41, 5.74) is 6.15. The maximum atomic E-state index is 12.7. The standard InChI is InChI=1S/C11H9FN2OS.BrH/c12-9-3-1-8(2-4-9)10(15)7-14-5-6-16-11(14)13;/h1-6,13H,7H2;1H. The fourth-order valence-corrected chi connectivity index (χ4v) is 1.94. The highest BCUT2D eigenvalue weighted by atomic mass is 79.9. The van der Waals surface area contributed by atoms with E-state index in [0.29, 0.717) is 10.7 Å². The molecule has 0 amide bonds. The van der Waals surface area contributed by atoms with Crippen LogP contribution in [0.1, 0.15) is 10.4 Å². The van der Waals surface area contributed by atoms with Crippen molar-refractivity contribution in [1.82, 2.24) is 0 Å². The number of carbonyl (C=O) groups is 1. The molecule has 6 heteroatoms. The number of aromatic nitrogens is 1. The summed E-state index contributed by atoms with van der Waals surface area (Å²) in [5.74, 6) is -0.436. The third-order valence-electron chi connectivity index (χ3n) is 2.19. The Morgan fingerprint density at radius 1 is 1.35 bits per heavy atom. The van der Waals surface area contributed by atoms with Crippen LogP contribution in [0.5, 0.6) is 0 Å². The summed E-state index contributed by atoms with van der Waals surface area (Å²) in [5, 5.41) is 2.39. The molecule has 0 bridgehead atoms. The molecule has 2 aromatic rings. The molecule has 0 aliphatic carbocycles. The summed E-state index contributed by atoms with van der Waals surface area (Å²) in [6.45, 7) is 0.182. The molecular weight excluding hydrogens is 307 g/mol. The minimum atomic E-state index is -0.348. The summed E-state index contributed by atoms with van der Waals surface area (Å²) >= 11 is 1.37. The highest BCUT2D eigenvalue weighted by molar-refractivity contribution is 7.12. The Kier molecular flexibility index (Phi) is 4.77. The number of halogens is 2. The van der Waals surface area contributed by atoms with Gasteiger partial charge in [0.05, 0.1) is 0 Å². The summed E-state index contributed by atoms with van der Waals surface area (Å²) < 4.78 is 14.3. The molecule has 1 aromatic heterocycles. The van der Waals surface area contributed by atoms with E-state index in [1.165, 1.54) is 35.6 Å². The van der Waals surface area contributed by atoms with Crippen molar-refractivity contribution in [2.24, 2.45) is 0 Å². The molecule has 90 valence electrons. The highest BCUT2D eigenvalue weighted by Gasteiger charge is 2.13. The summed E-state index contributed by atoms with van der Waals surface area (Å²) in [7, 11) is 0. The molecule has 17 heavy (non-hydrogen) atoms. The van der Waals surface area contributed by atoms with E-state index in [1.807, 2.05) is 5.38 Å². The van der Waals surface area contributed by atoms with Crippen molar-refractivity contribution in [3.63, 3.8) is 0 Å². The number of carbonyl (C=O) groups excluding carboxylic acids is 1. The molecule has 2 N–H and O–H groups in total. The average Bonchev–Trinajstić information content (AvgIpc) is 2.65. The van der Waals surface area contributed by atoms with Crippen molar-refractivity contribution in [2.45, 2.75) is 6.54 Å². The Bertz CT molecular complexity index is 512. The lowest BCUT2D eigenvalue weighted by Crippen LogP contribution is -3.00. The predicted octanol–water partition coefficient (Wildman–Crippen LogP) is -1.36. The quantitative estimate of drug-likeness (QED) is 0.562. The van der Waals surface area contributed by atoms with E-state index in [2.05, 4.69) is 0 Å². The van der Waals surface area contributed by atoms with Crippen LogP contribution in [0.4, 0.5) is 9.52 Å². The van der Waals surface area contributed by atoms with Crippen LogP contribution in [-0.2, 0) is 6.54 Å². The molecule has 2 rings (SSSR count). The lowest BCUT2D eigenvalue weighted by Gasteiger charge is -1.99. The molecule has 0 saturated carbocycles. The van der Waals surface area contributed by atoms with Gasteiger partial charge in [-0.2, -0.15) is 0 Å². The van der Waals surface area contributed by atoms with Gasteiger partial charge in [-0.25, -0.2) is 8.96 Å². The van der Waals surface area contributed by atoms with Crippen LogP contribution in [0.2, 0.25) is 0 Å². The minimum absolute atomic E-state index is 0. The van der Waals surface area contributed by atoms with Gasteiger partial charge in [-0.15, -0.1) is 0 Å². The Morgan fingerprint density at radius 2 is 2.00 bits per heavy atom. The monoisotopic (exact) mass is 316 g/mol. The second kappa shape index (κ2) is 5.88. The van der Waals surface area contributed by atoms with E-state index in [0.717, 1.165) is 0 Å². The van der Waals surface area contributed by atoms with E-state index in [4.69, 9.17) is 5.73 Å². The summed E-state index contributed by atoms with van der Waals surface area (Å²) in [6, 6.07) is 5.49. The summed E-state index contributed by atoms with van der Waals surface area (Å²) in [4.78, 5) is 11.8. The van der Waals surface area contributed by atoms with Crippen LogP contribution >= 0.6 is 11.3 Å². The van der Waals surface area contributed by atoms with Crippen LogP contribution in [0.3, 0.4) is 0 Å². The molecule has 3 nitrogen and oxygen atoms in total. The van der Waals surface area contributed by atoms with E-state index >= 15 is 0 Å². The second-order valence-electron chi connectivity index (χ2n) is 3.30. The van der Waals surface area contributed by atoms with Gasteiger partial charge in [0.2, 0.25) is 5.78 Å². The third kappa shape index (κ3) is 3.34. The van der Waals surface area contributed by atoms with E-state index in [9.17, 15) is 9.18 Å². The van der Waals surface area contributed by atoms with Crippen LogP contribution in [-0.4, -0.2) is 5.78 Å². The van der Waals surface area contributed by atoms with Crippen molar-refractivity contribution in [2.75, 3.05) is 5.73 Å².